The predicted molar refractivity (Wildman–Crippen MR) is 87.0 cm³/mol. The molecule has 1 aliphatic heterocycles. The van der Waals surface area contributed by atoms with Gasteiger partial charge in [0, 0.05) is 18.3 Å². The number of rotatable bonds is 5. The zero-order chi connectivity index (χ0) is 17.1. The molecule has 3 rings (SSSR count). The highest BCUT2D eigenvalue weighted by atomic mass is 32.1. The van der Waals surface area contributed by atoms with E-state index in [1.54, 1.807) is 27.9 Å². The summed E-state index contributed by atoms with van der Waals surface area (Å²) in [5.41, 5.74) is 3.02. The second kappa shape index (κ2) is 7.09. The van der Waals surface area contributed by atoms with E-state index in [1.165, 1.54) is 23.5 Å². The van der Waals surface area contributed by atoms with E-state index in [4.69, 9.17) is 0 Å². The Labute approximate surface area is 142 Å². The molecule has 1 saturated heterocycles. The van der Waals surface area contributed by atoms with Crippen molar-refractivity contribution in [3.8, 4) is 0 Å². The normalized spacial score (nSPS) is 21.0. The number of nitrogens with zero attached hydrogens (tertiary/aromatic N) is 2. The fourth-order valence-electron chi connectivity index (χ4n) is 3.15. The maximum Gasteiger partial charge on any atom is 0.309 e. The van der Waals surface area contributed by atoms with Crippen molar-refractivity contribution in [1.82, 2.24) is 9.88 Å². The molecule has 1 amide bonds. The van der Waals surface area contributed by atoms with Gasteiger partial charge in [0.05, 0.1) is 23.2 Å². The van der Waals surface area contributed by atoms with Crippen LogP contribution in [0.1, 0.15) is 30.1 Å². The number of aliphatic carboxylic acids is 1. The number of carbonyl (C=O) groups excluding carboxylic acids is 1. The van der Waals surface area contributed by atoms with Crippen LogP contribution in [0.3, 0.4) is 0 Å². The summed E-state index contributed by atoms with van der Waals surface area (Å²) in [4.78, 5) is 29.8. The molecule has 0 radical (unpaired) electrons. The van der Waals surface area contributed by atoms with Crippen LogP contribution in [0.4, 0.5) is 4.39 Å². The van der Waals surface area contributed by atoms with Crippen molar-refractivity contribution in [1.29, 1.82) is 0 Å². The SMILES string of the molecule is O=C(O)C1CCC(=O)N(CCc2cccc(F)c2)C1c1cscn1. The molecule has 24 heavy (non-hydrogen) atoms. The van der Waals surface area contributed by atoms with Gasteiger partial charge < -0.3 is 10.0 Å². The zero-order valence-corrected chi connectivity index (χ0v) is 13.7. The standard InChI is InChI=1S/C17H17FN2O3S/c18-12-3-1-2-11(8-12)6-7-20-15(21)5-4-13(17(22)23)16(20)14-9-24-10-19-14/h1-3,8-10,13,16H,4-7H2,(H,22,23). The first-order valence-electron chi connectivity index (χ1n) is 7.71. The van der Waals surface area contributed by atoms with Gasteiger partial charge in [-0.2, -0.15) is 0 Å². The van der Waals surface area contributed by atoms with Gasteiger partial charge in [-0.1, -0.05) is 12.1 Å². The fraction of sp³-hybridized carbons (Fsp3) is 0.353. The van der Waals surface area contributed by atoms with E-state index in [1.807, 2.05) is 0 Å². The average molecular weight is 348 g/mol. The first kappa shape index (κ1) is 16.6. The number of carboxylic acid groups (broad SMARTS) is 1. The molecule has 1 aromatic carbocycles. The Balaban J connectivity index is 1.84. The summed E-state index contributed by atoms with van der Waals surface area (Å²) < 4.78 is 13.3. The van der Waals surface area contributed by atoms with Gasteiger partial charge in [-0.05, 0) is 30.5 Å². The first-order chi connectivity index (χ1) is 11.6. The van der Waals surface area contributed by atoms with E-state index < -0.39 is 17.9 Å². The van der Waals surface area contributed by atoms with Crippen molar-refractivity contribution < 1.29 is 19.1 Å². The lowest BCUT2D eigenvalue weighted by atomic mass is 9.86. The van der Waals surface area contributed by atoms with E-state index >= 15 is 0 Å². The van der Waals surface area contributed by atoms with Crippen LogP contribution in [0, 0.1) is 11.7 Å². The number of carboxylic acids is 1. The van der Waals surface area contributed by atoms with Crippen molar-refractivity contribution in [2.24, 2.45) is 5.92 Å². The van der Waals surface area contributed by atoms with E-state index in [0.29, 0.717) is 25.1 Å². The van der Waals surface area contributed by atoms with Crippen LogP contribution in [0.25, 0.3) is 0 Å². The van der Waals surface area contributed by atoms with Gasteiger partial charge in [0.15, 0.2) is 0 Å². The van der Waals surface area contributed by atoms with Crippen LogP contribution >= 0.6 is 11.3 Å². The number of hydrogen-bond donors (Lipinski definition) is 1. The van der Waals surface area contributed by atoms with E-state index in [2.05, 4.69) is 4.98 Å². The van der Waals surface area contributed by atoms with Crippen LogP contribution in [-0.2, 0) is 16.0 Å². The Morgan fingerprint density at radius 1 is 1.46 bits per heavy atom. The molecule has 0 saturated carbocycles. The molecule has 1 N–H and O–H groups in total. The molecule has 1 fully saturated rings. The predicted octanol–water partition coefficient (Wildman–Crippen LogP) is 2.89. The lowest BCUT2D eigenvalue weighted by Crippen LogP contribution is -2.46. The molecule has 0 bridgehead atoms. The topological polar surface area (TPSA) is 70.5 Å². The smallest absolute Gasteiger partial charge is 0.309 e. The first-order valence-corrected chi connectivity index (χ1v) is 8.65. The van der Waals surface area contributed by atoms with Crippen LogP contribution < -0.4 is 0 Å². The number of halogens is 1. The Hall–Kier alpha value is -2.28. The Bertz CT molecular complexity index is 735. The molecule has 0 spiro atoms. The summed E-state index contributed by atoms with van der Waals surface area (Å²) >= 11 is 1.38. The largest absolute Gasteiger partial charge is 0.481 e. The number of aromatic nitrogens is 1. The third kappa shape index (κ3) is 3.46. The average Bonchev–Trinajstić information content (AvgIpc) is 3.07. The monoisotopic (exact) mass is 348 g/mol. The quantitative estimate of drug-likeness (QED) is 0.902. The second-order valence-corrected chi connectivity index (χ2v) is 6.53. The van der Waals surface area contributed by atoms with Gasteiger partial charge in [0.25, 0.3) is 0 Å². The van der Waals surface area contributed by atoms with Crippen molar-refractivity contribution >= 4 is 23.2 Å². The number of carbonyl (C=O) groups is 2. The molecular weight excluding hydrogens is 331 g/mol. The van der Waals surface area contributed by atoms with Crippen molar-refractivity contribution in [2.75, 3.05) is 6.54 Å². The number of piperidine rings is 1. The van der Waals surface area contributed by atoms with Crippen molar-refractivity contribution in [2.45, 2.75) is 25.3 Å². The van der Waals surface area contributed by atoms with Gasteiger partial charge in [-0.3, -0.25) is 9.59 Å². The molecule has 2 atom stereocenters. The van der Waals surface area contributed by atoms with Crippen LogP contribution in [0.2, 0.25) is 0 Å². The minimum Gasteiger partial charge on any atom is -0.481 e. The number of amides is 1. The lowest BCUT2D eigenvalue weighted by Gasteiger charge is -2.38. The van der Waals surface area contributed by atoms with E-state index in [0.717, 1.165) is 5.56 Å². The molecule has 5 nitrogen and oxygen atoms in total. The van der Waals surface area contributed by atoms with Gasteiger partial charge >= 0.3 is 5.97 Å². The molecule has 0 aliphatic carbocycles. The highest BCUT2D eigenvalue weighted by Crippen LogP contribution is 2.36. The Kier molecular flexibility index (Phi) is 4.89. The van der Waals surface area contributed by atoms with Gasteiger partial charge in [-0.25, -0.2) is 9.37 Å². The summed E-state index contributed by atoms with van der Waals surface area (Å²) in [5, 5.41) is 11.3. The lowest BCUT2D eigenvalue weighted by molar-refractivity contribution is -0.152. The Morgan fingerprint density at radius 3 is 2.96 bits per heavy atom. The maximum absolute atomic E-state index is 13.3. The second-order valence-electron chi connectivity index (χ2n) is 5.81. The summed E-state index contributed by atoms with van der Waals surface area (Å²) in [6, 6.07) is 5.66. The third-order valence-electron chi connectivity index (χ3n) is 4.31. The minimum atomic E-state index is -0.920. The molecule has 2 heterocycles. The van der Waals surface area contributed by atoms with Crippen LogP contribution in [-0.4, -0.2) is 33.4 Å². The highest BCUT2D eigenvalue weighted by molar-refractivity contribution is 7.07. The summed E-state index contributed by atoms with van der Waals surface area (Å²) in [6.07, 6.45) is 0.990. The fourth-order valence-corrected chi connectivity index (χ4v) is 3.73. The molecule has 7 heteroatoms. The van der Waals surface area contributed by atoms with Gasteiger partial charge in [0.1, 0.15) is 5.82 Å². The molecule has 1 aliphatic rings. The van der Waals surface area contributed by atoms with E-state index in [-0.39, 0.29) is 18.1 Å². The summed E-state index contributed by atoms with van der Waals surface area (Å²) in [7, 11) is 0. The molecule has 126 valence electrons. The number of hydrogen-bond acceptors (Lipinski definition) is 4. The molecule has 1 aromatic heterocycles. The van der Waals surface area contributed by atoms with Gasteiger partial charge in [0.2, 0.25) is 5.91 Å². The van der Waals surface area contributed by atoms with Crippen LogP contribution in [0.5, 0.6) is 0 Å². The molecule has 2 unspecified atom stereocenters. The third-order valence-corrected chi connectivity index (χ3v) is 4.91. The van der Waals surface area contributed by atoms with Crippen LogP contribution in [0.15, 0.2) is 35.2 Å². The molecule has 2 aromatic rings. The van der Waals surface area contributed by atoms with Gasteiger partial charge in [-0.15, -0.1) is 11.3 Å². The maximum atomic E-state index is 13.3. The summed E-state index contributed by atoms with van der Waals surface area (Å²) in [5.74, 6) is -1.99. The minimum absolute atomic E-state index is 0.0816. The number of benzene rings is 1. The van der Waals surface area contributed by atoms with Crippen molar-refractivity contribution in [3.05, 3.63) is 52.2 Å². The highest BCUT2D eigenvalue weighted by Gasteiger charge is 2.41. The number of thiazole rings is 1. The Morgan fingerprint density at radius 2 is 2.29 bits per heavy atom. The zero-order valence-electron chi connectivity index (χ0n) is 12.9. The van der Waals surface area contributed by atoms with E-state index in [9.17, 15) is 19.1 Å². The summed E-state index contributed by atoms with van der Waals surface area (Å²) in [6.45, 7) is 0.342. The van der Waals surface area contributed by atoms with Crippen molar-refractivity contribution in [3.63, 3.8) is 0 Å². The molecular formula is C17H17FN2O3S. The number of likely N-dealkylation sites (tertiary alicyclic amines) is 1.